The summed E-state index contributed by atoms with van der Waals surface area (Å²) in [5.41, 5.74) is 0. The summed E-state index contributed by atoms with van der Waals surface area (Å²) in [6, 6.07) is 0. The molecular weight excluding hydrogens is 745 g/mol. The molecule has 0 aromatic rings. The smallest absolute Gasteiger partial charge is 0.306 e. The number of rotatable bonds is 43. The van der Waals surface area contributed by atoms with Crippen LogP contribution in [0.1, 0.15) is 220 Å². The van der Waals surface area contributed by atoms with Crippen molar-refractivity contribution < 1.29 is 28.6 Å². The van der Waals surface area contributed by atoms with Crippen molar-refractivity contribution in [3.63, 3.8) is 0 Å². The summed E-state index contributed by atoms with van der Waals surface area (Å²) >= 11 is 0. The van der Waals surface area contributed by atoms with E-state index < -0.39 is 6.10 Å². The minimum Gasteiger partial charge on any atom is -0.462 e. The lowest BCUT2D eigenvalue weighted by Gasteiger charge is -2.18. The van der Waals surface area contributed by atoms with E-state index in [9.17, 15) is 14.4 Å². The fraction of sp³-hybridized carbons (Fsp3) is 0.685. The van der Waals surface area contributed by atoms with Crippen LogP contribution in [0.5, 0.6) is 0 Å². The van der Waals surface area contributed by atoms with Gasteiger partial charge in [-0.3, -0.25) is 14.4 Å². The molecule has 0 aliphatic carbocycles. The van der Waals surface area contributed by atoms with Gasteiger partial charge in [0.25, 0.3) is 0 Å². The zero-order valence-electron chi connectivity index (χ0n) is 38.9. The number of allylic oxidation sites excluding steroid dienone is 14. The van der Waals surface area contributed by atoms with Gasteiger partial charge in [-0.15, -0.1) is 0 Å². The average molecular weight is 835 g/mol. The SMILES string of the molecule is CC/C=C\C/C=C\C/C=C\C/C=C\C/C=C\C/C=C\CCC(=O)OCC(COC(=O)CCCCCCC/C=C\CCCC)OC(=O)CCCCCCCCCCCCCC. The van der Waals surface area contributed by atoms with Gasteiger partial charge in [-0.1, -0.05) is 209 Å². The van der Waals surface area contributed by atoms with E-state index in [1.54, 1.807) is 0 Å². The summed E-state index contributed by atoms with van der Waals surface area (Å²) in [6.45, 7) is 6.40. The van der Waals surface area contributed by atoms with Crippen molar-refractivity contribution in [3.05, 3.63) is 85.1 Å². The molecule has 60 heavy (non-hydrogen) atoms. The van der Waals surface area contributed by atoms with Crippen molar-refractivity contribution in [3.8, 4) is 0 Å². The van der Waals surface area contributed by atoms with Crippen molar-refractivity contribution in [1.82, 2.24) is 0 Å². The van der Waals surface area contributed by atoms with Gasteiger partial charge in [0.2, 0.25) is 0 Å². The van der Waals surface area contributed by atoms with Crippen LogP contribution in [0.4, 0.5) is 0 Å². The molecule has 0 heterocycles. The maximum Gasteiger partial charge on any atom is 0.306 e. The molecule has 0 aromatic carbocycles. The zero-order chi connectivity index (χ0) is 43.7. The summed E-state index contributed by atoms with van der Waals surface area (Å²) in [5, 5.41) is 0. The second-order valence-corrected chi connectivity index (χ2v) is 16.0. The molecule has 0 aliphatic heterocycles. The highest BCUT2D eigenvalue weighted by molar-refractivity contribution is 5.71. The summed E-state index contributed by atoms with van der Waals surface area (Å²) in [4.78, 5) is 37.8. The summed E-state index contributed by atoms with van der Waals surface area (Å²) < 4.78 is 16.7. The lowest BCUT2D eigenvalue weighted by atomic mass is 10.0. The summed E-state index contributed by atoms with van der Waals surface area (Å²) in [5.74, 6) is -1.00. The van der Waals surface area contributed by atoms with Crippen molar-refractivity contribution in [2.45, 2.75) is 226 Å². The van der Waals surface area contributed by atoms with Gasteiger partial charge >= 0.3 is 17.9 Å². The highest BCUT2D eigenvalue weighted by atomic mass is 16.6. The molecule has 0 saturated heterocycles. The molecule has 0 N–H and O–H groups in total. The van der Waals surface area contributed by atoms with Crippen LogP contribution in [0.3, 0.4) is 0 Å². The molecule has 0 saturated carbocycles. The first kappa shape index (κ1) is 56.6. The summed E-state index contributed by atoms with van der Waals surface area (Å²) in [6.07, 6.45) is 61.5. The molecule has 0 radical (unpaired) electrons. The van der Waals surface area contributed by atoms with Crippen molar-refractivity contribution >= 4 is 17.9 Å². The molecule has 6 heteroatoms. The van der Waals surface area contributed by atoms with Gasteiger partial charge in [-0.05, 0) is 77.0 Å². The highest BCUT2D eigenvalue weighted by Gasteiger charge is 2.19. The maximum absolute atomic E-state index is 12.7. The number of unbranched alkanes of at least 4 members (excludes halogenated alkanes) is 18. The Balaban J connectivity index is 4.48. The van der Waals surface area contributed by atoms with Crippen LogP contribution < -0.4 is 0 Å². The predicted octanol–water partition coefficient (Wildman–Crippen LogP) is 16.0. The molecule has 0 aromatic heterocycles. The van der Waals surface area contributed by atoms with E-state index in [1.807, 2.05) is 12.2 Å². The van der Waals surface area contributed by atoms with Crippen LogP contribution >= 0.6 is 0 Å². The van der Waals surface area contributed by atoms with E-state index in [4.69, 9.17) is 14.2 Å². The Labute approximate surface area is 369 Å². The third-order valence-electron chi connectivity index (χ3n) is 10.1. The Kier molecular flexibility index (Phi) is 45.5. The Morgan fingerprint density at radius 2 is 0.700 bits per heavy atom. The monoisotopic (exact) mass is 835 g/mol. The van der Waals surface area contributed by atoms with Gasteiger partial charge in [-0.2, -0.15) is 0 Å². The number of hydrogen-bond acceptors (Lipinski definition) is 6. The van der Waals surface area contributed by atoms with Crippen molar-refractivity contribution in [2.75, 3.05) is 13.2 Å². The lowest BCUT2D eigenvalue weighted by Crippen LogP contribution is -2.30. The number of esters is 3. The van der Waals surface area contributed by atoms with Gasteiger partial charge in [0.1, 0.15) is 13.2 Å². The van der Waals surface area contributed by atoms with Crippen LogP contribution in [0, 0.1) is 0 Å². The van der Waals surface area contributed by atoms with Crippen molar-refractivity contribution in [1.29, 1.82) is 0 Å². The predicted molar refractivity (Wildman–Crippen MR) is 256 cm³/mol. The number of carbonyl (C=O) groups excluding carboxylic acids is 3. The molecule has 0 amide bonds. The summed E-state index contributed by atoms with van der Waals surface area (Å²) in [7, 11) is 0. The molecule has 1 atom stereocenters. The number of hydrogen-bond donors (Lipinski definition) is 0. The van der Waals surface area contributed by atoms with E-state index in [1.165, 1.54) is 83.5 Å². The topological polar surface area (TPSA) is 78.9 Å². The normalized spacial score (nSPS) is 12.8. The molecule has 0 spiro atoms. The zero-order valence-corrected chi connectivity index (χ0v) is 38.9. The minimum absolute atomic E-state index is 0.103. The van der Waals surface area contributed by atoms with Gasteiger partial charge < -0.3 is 14.2 Å². The second kappa shape index (κ2) is 48.3. The average Bonchev–Trinajstić information content (AvgIpc) is 3.24. The van der Waals surface area contributed by atoms with Crippen LogP contribution in [0.2, 0.25) is 0 Å². The molecule has 6 nitrogen and oxygen atoms in total. The van der Waals surface area contributed by atoms with Crippen LogP contribution in [0.25, 0.3) is 0 Å². The molecule has 342 valence electrons. The van der Waals surface area contributed by atoms with Crippen LogP contribution in [-0.4, -0.2) is 37.2 Å². The van der Waals surface area contributed by atoms with Gasteiger partial charge in [0.15, 0.2) is 6.10 Å². The van der Waals surface area contributed by atoms with Gasteiger partial charge in [0, 0.05) is 19.3 Å². The van der Waals surface area contributed by atoms with E-state index in [0.29, 0.717) is 19.3 Å². The van der Waals surface area contributed by atoms with E-state index in [0.717, 1.165) is 89.9 Å². The quantitative estimate of drug-likeness (QED) is 0.0263. The Hall–Kier alpha value is -3.41. The lowest BCUT2D eigenvalue weighted by molar-refractivity contribution is -0.166. The molecule has 1 unspecified atom stereocenters. The number of carbonyl (C=O) groups is 3. The third kappa shape index (κ3) is 45.7. The first-order chi connectivity index (χ1) is 29.5. The third-order valence-corrected chi connectivity index (χ3v) is 10.1. The van der Waals surface area contributed by atoms with E-state index in [2.05, 4.69) is 93.7 Å². The van der Waals surface area contributed by atoms with E-state index >= 15 is 0 Å². The van der Waals surface area contributed by atoms with Crippen molar-refractivity contribution in [2.24, 2.45) is 0 Å². The largest absolute Gasteiger partial charge is 0.462 e. The first-order valence-electron chi connectivity index (χ1n) is 24.6. The fourth-order valence-electron chi connectivity index (χ4n) is 6.45. The Morgan fingerprint density at radius 1 is 0.350 bits per heavy atom. The maximum atomic E-state index is 12.7. The van der Waals surface area contributed by atoms with Gasteiger partial charge in [0.05, 0.1) is 0 Å². The molecule has 0 fully saturated rings. The Morgan fingerprint density at radius 3 is 1.17 bits per heavy atom. The highest BCUT2D eigenvalue weighted by Crippen LogP contribution is 2.14. The van der Waals surface area contributed by atoms with E-state index in [-0.39, 0.29) is 37.5 Å². The first-order valence-corrected chi connectivity index (χ1v) is 24.6. The van der Waals surface area contributed by atoms with Gasteiger partial charge in [-0.25, -0.2) is 0 Å². The molecular formula is C54H90O6. The van der Waals surface area contributed by atoms with Crippen LogP contribution in [-0.2, 0) is 28.6 Å². The minimum atomic E-state index is -0.806. The molecule has 0 bridgehead atoms. The second-order valence-electron chi connectivity index (χ2n) is 16.0. The number of ether oxygens (including phenoxy) is 3. The standard InChI is InChI=1S/C54H90O6/c1-4-7-10-13-16-19-22-24-25-26-27-28-29-30-33-35-38-41-44-47-53(56)59-50-51(49-58-52(55)46-43-40-37-34-31-21-18-15-12-9-6-3)60-54(57)48-45-42-39-36-32-23-20-17-14-11-8-5-2/h7,10,15-16,18-19,24-25,27-28,30,33,38,41,51H,4-6,8-9,11-14,17,20-23,26,29,31-32,34-37,39-40,42-50H2,1-3H3/b10-7-,18-15-,19-16-,25-24-,28-27-,33-30-,41-38-. The van der Waals surface area contributed by atoms with Crippen LogP contribution in [0.15, 0.2) is 85.1 Å². The molecule has 0 aliphatic rings. The molecule has 0 rings (SSSR count). The fourth-order valence-corrected chi connectivity index (χ4v) is 6.45. The Bertz CT molecular complexity index is 1190.